The Morgan fingerprint density at radius 1 is 1.24 bits per heavy atom. The number of carbonyl (C=O) groups excluding carboxylic acids is 2. The highest BCUT2D eigenvalue weighted by Crippen LogP contribution is 2.26. The molecule has 0 bridgehead atoms. The van der Waals surface area contributed by atoms with Gasteiger partial charge in [-0.25, -0.2) is 0 Å². The minimum absolute atomic E-state index is 0. The van der Waals surface area contributed by atoms with Crippen molar-refractivity contribution in [1.82, 2.24) is 15.5 Å². The van der Waals surface area contributed by atoms with Gasteiger partial charge in [-0.05, 0) is 25.0 Å². The highest BCUT2D eigenvalue weighted by molar-refractivity contribution is 5.97. The number of rotatable bonds is 6. The quantitative estimate of drug-likeness (QED) is 0.709. The van der Waals surface area contributed by atoms with E-state index in [1.165, 1.54) is 0 Å². The number of hydrogen-bond acceptors (Lipinski definition) is 6. The Kier molecular flexibility index (Phi) is 9.00. The van der Waals surface area contributed by atoms with Crippen molar-refractivity contribution >= 4 is 24.2 Å². The lowest BCUT2D eigenvalue weighted by Gasteiger charge is -2.33. The maximum absolute atomic E-state index is 12.9. The van der Waals surface area contributed by atoms with Crippen molar-refractivity contribution in [3.05, 3.63) is 23.8 Å². The smallest absolute Gasteiger partial charge is 0.257 e. The molecule has 0 spiro atoms. The predicted molar refractivity (Wildman–Crippen MR) is 111 cm³/mol. The van der Waals surface area contributed by atoms with Gasteiger partial charge < -0.3 is 29.7 Å². The van der Waals surface area contributed by atoms with Gasteiger partial charge in [-0.1, -0.05) is 0 Å². The molecule has 162 valence electrons. The van der Waals surface area contributed by atoms with Crippen LogP contribution in [0.25, 0.3) is 0 Å². The zero-order chi connectivity index (χ0) is 19.9. The second kappa shape index (κ2) is 11.2. The first-order valence-electron chi connectivity index (χ1n) is 9.72. The third-order valence-electron chi connectivity index (χ3n) is 5.22. The molecule has 2 saturated heterocycles. The van der Waals surface area contributed by atoms with Gasteiger partial charge in [-0.3, -0.25) is 9.59 Å². The summed E-state index contributed by atoms with van der Waals surface area (Å²) in [4.78, 5) is 26.9. The average Bonchev–Trinajstić information content (AvgIpc) is 2.74. The van der Waals surface area contributed by atoms with Crippen LogP contribution in [0.5, 0.6) is 11.5 Å². The molecule has 0 aliphatic carbocycles. The first-order valence-corrected chi connectivity index (χ1v) is 9.72. The van der Waals surface area contributed by atoms with Crippen LogP contribution in [0.3, 0.4) is 0 Å². The van der Waals surface area contributed by atoms with Crippen molar-refractivity contribution < 1.29 is 23.8 Å². The van der Waals surface area contributed by atoms with E-state index in [-0.39, 0.29) is 36.3 Å². The van der Waals surface area contributed by atoms with Crippen LogP contribution in [-0.4, -0.2) is 75.9 Å². The molecule has 2 aliphatic heterocycles. The van der Waals surface area contributed by atoms with Gasteiger partial charge in [-0.2, -0.15) is 0 Å². The molecule has 2 fully saturated rings. The second-order valence-corrected chi connectivity index (χ2v) is 7.13. The topological polar surface area (TPSA) is 89.1 Å². The maximum Gasteiger partial charge on any atom is 0.257 e. The molecule has 1 unspecified atom stereocenters. The van der Waals surface area contributed by atoms with E-state index in [0.717, 1.165) is 19.4 Å². The summed E-state index contributed by atoms with van der Waals surface area (Å²) in [7, 11) is 3.12. The summed E-state index contributed by atoms with van der Waals surface area (Å²) < 4.78 is 15.9. The van der Waals surface area contributed by atoms with Crippen molar-refractivity contribution in [2.45, 2.75) is 31.3 Å². The third kappa shape index (κ3) is 6.22. The third-order valence-corrected chi connectivity index (χ3v) is 5.22. The van der Waals surface area contributed by atoms with Crippen molar-refractivity contribution in [2.75, 3.05) is 47.1 Å². The van der Waals surface area contributed by atoms with Gasteiger partial charge in [0, 0.05) is 44.2 Å². The Morgan fingerprint density at radius 3 is 2.62 bits per heavy atom. The normalized spacial score (nSPS) is 19.8. The number of methoxy groups -OCH3 is 2. The van der Waals surface area contributed by atoms with Crippen LogP contribution in [0.15, 0.2) is 18.2 Å². The fourth-order valence-corrected chi connectivity index (χ4v) is 3.63. The summed E-state index contributed by atoms with van der Waals surface area (Å²) in [6.45, 7) is 3.26. The minimum atomic E-state index is -0.0622. The fraction of sp³-hybridized carbons (Fsp3) is 0.600. The number of piperidine rings is 1. The van der Waals surface area contributed by atoms with Gasteiger partial charge in [0.25, 0.3) is 5.91 Å². The van der Waals surface area contributed by atoms with Crippen LogP contribution in [0.1, 0.15) is 29.6 Å². The molecule has 1 atom stereocenters. The zero-order valence-corrected chi connectivity index (χ0v) is 17.8. The lowest BCUT2D eigenvalue weighted by molar-refractivity contribution is -0.123. The first-order chi connectivity index (χ1) is 13.6. The van der Waals surface area contributed by atoms with Crippen LogP contribution < -0.4 is 20.1 Å². The van der Waals surface area contributed by atoms with Crippen LogP contribution in [0.2, 0.25) is 0 Å². The molecule has 8 nitrogen and oxygen atoms in total. The summed E-state index contributed by atoms with van der Waals surface area (Å²) in [5, 5.41) is 6.38. The van der Waals surface area contributed by atoms with Gasteiger partial charge in [0.1, 0.15) is 11.5 Å². The molecule has 2 heterocycles. The maximum atomic E-state index is 12.9. The van der Waals surface area contributed by atoms with Gasteiger partial charge in [0.15, 0.2) is 0 Å². The van der Waals surface area contributed by atoms with Gasteiger partial charge in [-0.15, -0.1) is 12.4 Å². The SMILES string of the molecule is COc1ccc(C(=O)N2CCC(NC(=O)CC3COCCN3)CC2)c(OC)c1.Cl. The lowest BCUT2D eigenvalue weighted by Crippen LogP contribution is -2.49. The average molecular weight is 428 g/mol. The van der Waals surface area contributed by atoms with E-state index >= 15 is 0 Å². The van der Waals surface area contributed by atoms with Crippen molar-refractivity contribution in [3.8, 4) is 11.5 Å². The minimum Gasteiger partial charge on any atom is -0.497 e. The number of halogens is 1. The number of carbonyl (C=O) groups is 2. The Bertz CT molecular complexity index is 689. The number of amides is 2. The van der Waals surface area contributed by atoms with E-state index in [9.17, 15) is 9.59 Å². The Labute approximate surface area is 177 Å². The lowest BCUT2D eigenvalue weighted by atomic mass is 10.0. The van der Waals surface area contributed by atoms with Crippen molar-refractivity contribution in [3.63, 3.8) is 0 Å². The monoisotopic (exact) mass is 427 g/mol. The van der Waals surface area contributed by atoms with E-state index in [1.54, 1.807) is 32.4 Å². The largest absolute Gasteiger partial charge is 0.497 e. The molecule has 2 aliphatic rings. The number of nitrogens with one attached hydrogen (secondary N) is 2. The summed E-state index contributed by atoms with van der Waals surface area (Å²) in [5.41, 5.74) is 0.522. The van der Waals surface area contributed by atoms with Crippen LogP contribution >= 0.6 is 12.4 Å². The molecule has 0 saturated carbocycles. The van der Waals surface area contributed by atoms with E-state index in [4.69, 9.17) is 14.2 Å². The first kappa shape index (κ1) is 23.3. The summed E-state index contributed by atoms with van der Waals surface area (Å²) >= 11 is 0. The van der Waals surface area contributed by atoms with E-state index in [0.29, 0.717) is 49.8 Å². The summed E-state index contributed by atoms with van der Waals surface area (Å²) in [6.07, 6.45) is 1.90. The number of nitrogens with zero attached hydrogens (tertiary/aromatic N) is 1. The highest BCUT2D eigenvalue weighted by atomic mass is 35.5. The fourth-order valence-electron chi connectivity index (χ4n) is 3.63. The molecule has 0 radical (unpaired) electrons. The zero-order valence-electron chi connectivity index (χ0n) is 16.9. The summed E-state index contributed by atoms with van der Waals surface area (Å²) in [5.74, 6) is 1.12. The number of likely N-dealkylation sites (tertiary alicyclic amines) is 1. The standard InChI is InChI=1S/C20H29N3O5.ClH/c1-26-16-3-4-17(18(12-16)27-2)20(25)23-8-5-14(6-9-23)22-19(24)11-15-13-28-10-7-21-15;/h3-4,12,14-15,21H,5-11,13H2,1-2H3,(H,22,24);1H. The van der Waals surface area contributed by atoms with E-state index in [2.05, 4.69) is 10.6 Å². The molecule has 3 rings (SSSR count). The van der Waals surface area contributed by atoms with Crippen molar-refractivity contribution in [2.24, 2.45) is 0 Å². The molecular formula is C20H30ClN3O5. The molecule has 1 aromatic carbocycles. The van der Waals surface area contributed by atoms with Gasteiger partial charge in [0.05, 0.1) is 33.0 Å². The van der Waals surface area contributed by atoms with E-state index < -0.39 is 0 Å². The van der Waals surface area contributed by atoms with Crippen LogP contribution in [0, 0.1) is 0 Å². The number of ether oxygens (including phenoxy) is 3. The molecule has 29 heavy (non-hydrogen) atoms. The number of hydrogen-bond donors (Lipinski definition) is 2. The molecule has 9 heteroatoms. The Hall–Kier alpha value is -2.03. The highest BCUT2D eigenvalue weighted by Gasteiger charge is 2.27. The van der Waals surface area contributed by atoms with Crippen molar-refractivity contribution in [1.29, 1.82) is 0 Å². The molecule has 2 amide bonds. The van der Waals surface area contributed by atoms with E-state index in [1.807, 2.05) is 4.90 Å². The second-order valence-electron chi connectivity index (χ2n) is 7.13. The Balaban J connectivity index is 0.00000300. The summed E-state index contributed by atoms with van der Waals surface area (Å²) in [6, 6.07) is 5.37. The molecule has 1 aromatic rings. The molecule has 0 aromatic heterocycles. The number of benzene rings is 1. The van der Waals surface area contributed by atoms with Crippen LogP contribution in [0.4, 0.5) is 0 Å². The molecule has 2 N–H and O–H groups in total. The predicted octanol–water partition coefficient (Wildman–Crippen LogP) is 1.22. The van der Waals surface area contributed by atoms with Crippen LogP contribution in [-0.2, 0) is 9.53 Å². The Morgan fingerprint density at radius 2 is 2.00 bits per heavy atom. The molecular weight excluding hydrogens is 398 g/mol. The van der Waals surface area contributed by atoms with Gasteiger partial charge >= 0.3 is 0 Å². The number of morpholine rings is 1. The van der Waals surface area contributed by atoms with Gasteiger partial charge in [0.2, 0.25) is 5.91 Å².